The number of ether oxygens (including phenoxy) is 2. The molecule has 388 valence electrons. The number of para-hydroxylation sites is 4. The molecular weight excluding hydrogens is 1060 g/mol. The van der Waals surface area contributed by atoms with Gasteiger partial charge in [0.15, 0.2) is 23.0 Å². The SMILES string of the molecule is c1ccc(P(c2ccccc2)c2cccc3c2Oc2c(cccc2P(c2ccccc2)c2ccccc2)N3CN2c3cccc(P(c4ccccc4)c4ccccc4)c3Oc3c2cccc3P(c2ccccc2)c2ccccc2)cc1. The highest BCUT2D eigenvalue weighted by Gasteiger charge is 2.39. The van der Waals surface area contributed by atoms with Crippen LogP contribution in [0.2, 0.25) is 0 Å². The fraction of sp³-hybridized carbons (Fsp3) is 0.0137. The maximum absolute atomic E-state index is 7.80. The average molecular weight is 1120 g/mol. The van der Waals surface area contributed by atoms with E-state index in [1.54, 1.807) is 0 Å². The van der Waals surface area contributed by atoms with E-state index in [1.165, 1.54) is 42.4 Å². The van der Waals surface area contributed by atoms with Crippen LogP contribution in [-0.2, 0) is 0 Å². The summed E-state index contributed by atoms with van der Waals surface area (Å²) in [5.41, 5.74) is 4.03. The van der Waals surface area contributed by atoms with Crippen molar-refractivity contribution in [3.8, 4) is 23.0 Å². The molecule has 0 saturated carbocycles. The normalized spacial score (nSPS) is 12.3. The van der Waals surface area contributed by atoms with Crippen LogP contribution in [0.1, 0.15) is 0 Å². The molecule has 4 nitrogen and oxygen atoms in total. The summed E-state index contributed by atoms with van der Waals surface area (Å²) in [5.74, 6) is 3.49. The highest BCUT2D eigenvalue weighted by molar-refractivity contribution is 7.81. The van der Waals surface area contributed by atoms with Gasteiger partial charge >= 0.3 is 0 Å². The first-order valence-corrected chi connectivity index (χ1v) is 32.7. The van der Waals surface area contributed by atoms with Gasteiger partial charge in [0.1, 0.15) is 6.67 Å². The van der Waals surface area contributed by atoms with Crippen molar-refractivity contribution in [2.45, 2.75) is 0 Å². The molecule has 0 fully saturated rings. The number of rotatable bonds is 14. The van der Waals surface area contributed by atoms with E-state index in [0.717, 1.165) is 67.0 Å². The van der Waals surface area contributed by atoms with Crippen LogP contribution in [0, 0.1) is 0 Å². The van der Waals surface area contributed by atoms with Crippen LogP contribution in [-0.4, -0.2) is 6.67 Å². The number of hydrogen-bond acceptors (Lipinski definition) is 4. The van der Waals surface area contributed by atoms with Gasteiger partial charge in [0.05, 0.1) is 22.7 Å². The maximum atomic E-state index is 7.80. The van der Waals surface area contributed by atoms with Gasteiger partial charge in [-0.3, -0.25) is 0 Å². The van der Waals surface area contributed by atoms with Crippen LogP contribution >= 0.6 is 31.7 Å². The van der Waals surface area contributed by atoms with Gasteiger partial charge < -0.3 is 19.3 Å². The molecule has 0 radical (unpaired) electrons. The Hall–Kier alpha value is -8.44. The summed E-state index contributed by atoms with van der Waals surface area (Å²) in [5, 5.41) is 14.7. The van der Waals surface area contributed by atoms with Crippen molar-refractivity contribution in [3.05, 3.63) is 315 Å². The maximum Gasteiger partial charge on any atom is 0.159 e. The Morgan fingerprint density at radius 3 is 0.543 bits per heavy atom. The fourth-order valence-corrected chi connectivity index (χ4v) is 20.8. The Morgan fingerprint density at radius 1 is 0.198 bits per heavy atom. The largest absolute Gasteiger partial charge is 0.452 e. The van der Waals surface area contributed by atoms with Crippen LogP contribution < -0.4 is 82.9 Å². The summed E-state index contributed by atoms with van der Waals surface area (Å²) in [4.78, 5) is 5.06. The minimum atomic E-state index is -1.07. The van der Waals surface area contributed by atoms with Crippen molar-refractivity contribution in [1.82, 2.24) is 0 Å². The fourth-order valence-electron chi connectivity index (χ4n) is 11.3. The zero-order chi connectivity index (χ0) is 53.9. The van der Waals surface area contributed by atoms with E-state index < -0.39 is 31.7 Å². The van der Waals surface area contributed by atoms with Gasteiger partial charge in [-0.05, 0) is 123 Å². The molecule has 81 heavy (non-hydrogen) atoms. The minimum absolute atomic E-state index is 0.443. The van der Waals surface area contributed by atoms with Crippen molar-refractivity contribution < 1.29 is 9.47 Å². The zero-order valence-electron chi connectivity index (χ0n) is 44.2. The molecule has 0 saturated heterocycles. The highest BCUT2D eigenvalue weighted by atomic mass is 31.1. The second-order valence-corrected chi connectivity index (χ2v) is 28.5. The van der Waals surface area contributed by atoms with Gasteiger partial charge in [0.2, 0.25) is 0 Å². The van der Waals surface area contributed by atoms with E-state index in [4.69, 9.17) is 9.47 Å². The minimum Gasteiger partial charge on any atom is -0.452 e. The number of anilines is 4. The Morgan fingerprint density at radius 2 is 0.370 bits per heavy atom. The molecule has 2 heterocycles. The van der Waals surface area contributed by atoms with E-state index in [1.807, 2.05) is 0 Å². The zero-order valence-corrected chi connectivity index (χ0v) is 47.8. The Kier molecular flexibility index (Phi) is 14.4. The van der Waals surface area contributed by atoms with Crippen molar-refractivity contribution in [2.24, 2.45) is 0 Å². The monoisotopic (exact) mass is 1110 g/mol. The third-order valence-corrected chi connectivity index (χ3v) is 24.7. The predicted molar refractivity (Wildman–Crippen MR) is 350 cm³/mol. The summed E-state index contributed by atoms with van der Waals surface area (Å²) >= 11 is 0. The molecule has 2 aliphatic rings. The van der Waals surface area contributed by atoms with Gasteiger partial charge in [-0.15, -0.1) is 0 Å². The average Bonchev–Trinajstić information content (AvgIpc) is 3.61. The molecule has 12 aromatic carbocycles. The van der Waals surface area contributed by atoms with E-state index in [9.17, 15) is 0 Å². The van der Waals surface area contributed by atoms with Gasteiger partial charge in [0.25, 0.3) is 0 Å². The summed E-state index contributed by atoms with van der Waals surface area (Å²) in [7, 11) is -4.29. The van der Waals surface area contributed by atoms with Gasteiger partial charge in [0, 0.05) is 21.2 Å². The molecule has 0 N–H and O–H groups in total. The topological polar surface area (TPSA) is 24.9 Å². The lowest BCUT2D eigenvalue weighted by molar-refractivity contribution is 0.475. The third-order valence-electron chi connectivity index (χ3n) is 14.8. The first-order chi connectivity index (χ1) is 40.2. The van der Waals surface area contributed by atoms with E-state index in [-0.39, 0.29) is 0 Å². The summed E-state index contributed by atoms with van der Waals surface area (Å²) in [6.45, 7) is 0.443. The molecule has 0 atom stereocenters. The molecule has 0 aliphatic carbocycles. The molecule has 0 spiro atoms. The number of benzene rings is 12. The van der Waals surface area contributed by atoms with Crippen molar-refractivity contribution in [3.63, 3.8) is 0 Å². The van der Waals surface area contributed by atoms with Crippen molar-refractivity contribution >= 4 is 118 Å². The molecule has 2 aliphatic heterocycles. The molecule has 0 amide bonds. The summed E-state index contributed by atoms with van der Waals surface area (Å²) in [6, 6.07) is 115. The second-order valence-electron chi connectivity index (χ2n) is 19.7. The summed E-state index contributed by atoms with van der Waals surface area (Å²) in [6.07, 6.45) is 0. The molecule has 0 aromatic heterocycles. The predicted octanol–water partition coefficient (Wildman–Crippen LogP) is 13.9. The quantitative estimate of drug-likeness (QED) is 0.101. The third kappa shape index (κ3) is 9.84. The van der Waals surface area contributed by atoms with E-state index >= 15 is 0 Å². The van der Waals surface area contributed by atoms with Crippen molar-refractivity contribution in [1.29, 1.82) is 0 Å². The highest BCUT2D eigenvalue weighted by Crippen LogP contribution is 2.56. The van der Waals surface area contributed by atoms with Gasteiger partial charge in [-0.2, -0.15) is 0 Å². The smallest absolute Gasteiger partial charge is 0.159 e. The molecule has 14 rings (SSSR count). The molecule has 0 bridgehead atoms. The van der Waals surface area contributed by atoms with Crippen LogP contribution in [0.3, 0.4) is 0 Å². The lowest BCUT2D eigenvalue weighted by Gasteiger charge is -2.42. The standard InChI is InChI=1S/C73H54N2O2P4/c1-9-29-54(30-10-1)78(55-31-11-2-12-32-55)66-49-25-45-62-70(66)76-71-63(46-26-50-67(71)79(56-33-13-3-14-34-56)57-35-15-4-16-36-57)74(62)53-75-64-47-27-51-68(80(58-37-17-5-18-38-58)59-39-19-6-20-40-59)72(64)77-73-65(75)48-28-52-69(73)81(60-41-21-7-22-42-60)61-43-23-8-24-44-61/h1-52H,53H2. The number of nitrogens with zero attached hydrogens (tertiary/aromatic N) is 2. The molecule has 0 unspecified atom stereocenters. The lowest BCUT2D eigenvalue weighted by atomic mass is 10.1. The molecular formula is C73H54N2O2P4. The molecule has 8 heteroatoms. The van der Waals surface area contributed by atoms with Gasteiger partial charge in [-0.1, -0.05) is 267 Å². The van der Waals surface area contributed by atoms with Crippen LogP contribution in [0.15, 0.2) is 315 Å². The first-order valence-electron chi connectivity index (χ1n) is 27.3. The Balaban J connectivity index is 1.03. The number of fused-ring (bicyclic) bond motifs is 4. The van der Waals surface area contributed by atoms with Crippen LogP contribution in [0.4, 0.5) is 22.7 Å². The Bertz CT molecular complexity index is 3420. The van der Waals surface area contributed by atoms with E-state index in [0.29, 0.717) is 6.67 Å². The lowest BCUT2D eigenvalue weighted by Crippen LogP contribution is -2.38. The van der Waals surface area contributed by atoms with Gasteiger partial charge in [-0.25, -0.2) is 0 Å². The number of hydrogen-bond donors (Lipinski definition) is 0. The first kappa shape index (κ1) is 50.8. The molecule has 12 aromatic rings. The van der Waals surface area contributed by atoms with Crippen LogP contribution in [0.25, 0.3) is 0 Å². The second kappa shape index (κ2) is 23.0. The van der Waals surface area contributed by atoms with Crippen molar-refractivity contribution in [2.75, 3.05) is 16.5 Å². The Labute approximate surface area is 479 Å². The summed E-state index contributed by atoms with van der Waals surface area (Å²) < 4.78 is 15.6. The van der Waals surface area contributed by atoms with E-state index in [2.05, 4.69) is 325 Å². The van der Waals surface area contributed by atoms with Crippen LogP contribution in [0.5, 0.6) is 23.0 Å².